The summed E-state index contributed by atoms with van der Waals surface area (Å²) in [7, 11) is 1.64. The van der Waals surface area contributed by atoms with Crippen LogP contribution in [0.5, 0.6) is 0 Å². The maximum absolute atomic E-state index is 12.6. The number of amides is 2. The van der Waals surface area contributed by atoms with Gasteiger partial charge in [-0.05, 0) is 36.6 Å². The van der Waals surface area contributed by atoms with Crippen molar-refractivity contribution in [3.8, 4) is 0 Å². The number of anilines is 2. The number of para-hydroxylation sites is 2. The van der Waals surface area contributed by atoms with Crippen molar-refractivity contribution in [2.24, 2.45) is 0 Å². The quantitative estimate of drug-likeness (QED) is 0.878. The zero-order valence-electron chi connectivity index (χ0n) is 14.7. The maximum atomic E-state index is 12.6. The summed E-state index contributed by atoms with van der Waals surface area (Å²) in [5.41, 5.74) is 2.93. The summed E-state index contributed by atoms with van der Waals surface area (Å²) in [6.07, 6.45) is 2.07. The molecule has 5 nitrogen and oxygen atoms in total. The first-order valence-corrected chi connectivity index (χ1v) is 9.03. The molecule has 6 heteroatoms. The van der Waals surface area contributed by atoms with E-state index < -0.39 is 0 Å². The van der Waals surface area contributed by atoms with Crippen LogP contribution in [-0.2, 0) is 16.0 Å². The standard InChI is InChI=1S/C20H22ClN3O2/c1-23(13-19(25)22-17-10-4-3-9-16(17)21)20(26)14-24-12-6-8-15-7-2-5-11-18(15)24/h2-5,7,9-11H,6,8,12-14H2,1H3,(H,22,25). The summed E-state index contributed by atoms with van der Waals surface area (Å²) < 4.78 is 0. The minimum absolute atomic E-state index is 0.0143. The van der Waals surface area contributed by atoms with Gasteiger partial charge in [-0.1, -0.05) is 41.9 Å². The van der Waals surface area contributed by atoms with Gasteiger partial charge in [0.1, 0.15) is 0 Å². The Bertz CT molecular complexity index is 809. The van der Waals surface area contributed by atoms with Crippen molar-refractivity contribution >= 4 is 34.8 Å². The number of carbonyl (C=O) groups excluding carboxylic acids is 2. The Morgan fingerprint density at radius 3 is 2.69 bits per heavy atom. The van der Waals surface area contributed by atoms with Gasteiger partial charge in [0.25, 0.3) is 0 Å². The van der Waals surface area contributed by atoms with Crippen molar-refractivity contribution < 1.29 is 9.59 Å². The molecule has 0 radical (unpaired) electrons. The van der Waals surface area contributed by atoms with E-state index in [1.165, 1.54) is 10.5 Å². The van der Waals surface area contributed by atoms with Gasteiger partial charge in [-0.15, -0.1) is 0 Å². The maximum Gasteiger partial charge on any atom is 0.244 e. The van der Waals surface area contributed by atoms with E-state index in [0.29, 0.717) is 10.7 Å². The summed E-state index contributed by atoms with van der Waals surface area (Å²) >= 11 is 6.04. The summed E-state index contributed by atoms with van der Waals surface area (Å²) in [5, 5.41) is 3.21. The number of fused-ring (bicyclic) bond motifs is 1. The Morgan fingerprint density at radius 2 is 1.88 bits per heavy atom. The first kappa shape index (κ1) is 18.3. The van der Waals surface area contributed by atoms with E-state index in [1.807, 2.05) is 18.2 Å². The van der Waals surface area contributed by atoms with Gasteiger partial charge in [-0.25, -0.2) is 0 Å². The van der Waals surface area contributed by atoms with Crippen LogP contribution in [0.4, 0.5) is 11.4 Å². The second kappa shape index (κ2) is 8.23. The number of halogens is 1. The SMILES string of the molecule is CN(CC(=O)Nc1ccccc1Cl)C(=O)CN1CCCc2ccccc21. The molecule has 2 aromatic rings. The van der Waals surface area contributed by atoms with Crippen molar-refractivity contribution in [1.82, 2.24) is 4.90 Å². The second-order valence-electron chi connectivity index (χ2n) is 6.43. The number of rotatable bonds is 5. The number of likely N-dealkylation sites (N-methyl/N-ethyl adjacent to an activating group) is 1. The third kappa shape index (κ3) is 4.35. The van der Waals surface area contributed by atoms with E-state index in [0.717, 1.165) is 25.1 Å². The van der Waals surface area contributed by atoms with Crippen molar-refractivity contribution in [3.63, 3.8) is 0 Å². The van der Waals surface area contributed by atoms with Crippen LogP contribution in [-0.4, -0.2) is 43.4 Å². The lowest BCUT2D eigenvalue weighted by Crippen LogP contribution is -2.43. The molecule has 0 saturated carbocycles. The van der Waals surface area contributed by atoms with Crippen molar-refractivity contribution in [3.05, 3.63) is 59.1 Å². The molecule has 1 aliphatic rings. The fourth-order valence-corrected chi connectivity index (χ4v) is 3.30. The lowest BCUT2D eigenvalue weighted by molar-refractivity contribution is -0.132. The minimum Gasteiger partial charge on any atom is -0.362 e. The Balaban J connectivity index is 1.57. The van der Waals surface area contributed by atoms with Crippen LogP contribution in [0.25, 0.3) is 0 Å². The molecular formula is C20H22ClN3O2. The molecule has 0 unspecified atom stereocenters. The van der Waals surface area contributed by atoms with Crippen LogP contribution in [0, 0.1) is 0 Å². The summed E-state index contributed by atoms with van der Waals surface area (Å²) in [6, 6.07) is 15.2. The summed E-state index contributed by atoms with van der Waals surface area (Å²) in [5.74, 6) is -0.357. The average molecular weight is 372 g/mol. The Labute approximate surface area is 158 Å². The molecule has 0 atom stereocenters. The molecular weight excluding hydrogens is 350 g/mol. The second-order valence-corrected chi connectivity index (χ2v) is 6.84. The number of nitrogens with one attached hydrogen (secondary N) is 1. The van der Waals surface area contributed by atoms with Crippen LogP contribution in [0.15, 0.2) is 48.5 Å². The lowest BCUT2D eigenvalue weighted by Gasteiger charge is -2.32. The highest BCUT2D eigenvalue weighted by molar-refractivity contribution is 6.33. The van der Waals surface area contributed by atoms with Crippen LogP contribution in [0.2, 0.25) is 5.02 Å². The van der Waals surface area contributed by atoms with E-state index in [-0.39, 0.29) is 24.9 Å². The van der Waals surface area contributed by atoms with Gasteiger partial charge in [0, 0.05) is 19.3 Å². The predicted molar refractivity (Wildman–Crippen MR) is 105 cm³/mol. The molecule has 1 aliphatic heterocycles. The molecule has 0 aromatic heterocycles. The van der Waals surface area contributed by atoms with Crippen molar-refractivity contribution in [2.75, 3.05) is 36.9 Å². The van der Waals surface area contributed by atoms with Gasteiger partial charge in [0.05, 0.1) is 23.8 Å². The minimum atomic E-state index is -0.270. The van der Waals surface area contributed by atoms with Crippen LogP contribution >= 0.6 is 11.6 Å². The molecule has 3 rings (SSSR count). The normalized spacial score (nSPS) is 13.1. The van der Waals surface area contributed by atoms with Crippen LogP contribution < -0.4 is 10.2 Å². The van der Waals surface area contributed by atoms with Gasteiger partial charge in [-0.2, -0.15) is 0 Å². The third-order valence-corrected chi connectivity index (χ3v) is 4.82. The highest BCUT2D eigenvalue weighted by atomic mass is 35.5. The Morgan fingerprint density at radius 1 is 1.15 bits per heavy atom. The van der Waals surface area contributed by atoms with Crippen LogP contribution in [0.3, 0.4) is 0 Å². The molecule has 0 fully saturated rings. The highest BCUT2D eigenvalue weighted by Gasteiger charge is 2.21. The van der Waals surface area contributed by atoms with Crippen molar-refractivity contribution in [1.29, 1.82) is 0 Å². The zero-order valence-corrected chi connectivity index (χ0v) is 15.5. The van der Waals surface area contributed by atoms with Gasteiger partial charge >= 0.3 is 0 Å². The molecule has 136 valence electrons. The number of aryl methyl sites for hydroxylation is 1. The van der Waals surface area contributed by atoms with Gasteiger partial charge in [0.2, 0.25) is 11.8 Å². The van der Waals surface area contributed by atoms with Gasteiger partial charge < -0.3 is 15.1 Å². The summed E-state index contributed by atoms with van der Waals surface area (Å²) in [6.45, 7) is 1.11. The van der Waals surface area contributed by atoms with E-state index in [2.05, 4.69) is 16.3 Å². The summed E-state index contributed by atoms with van der Waals surface area (Å²) in [4.78, 5) is 28.3. The Hall–Kier alpha value is -2.53. The first-order valence-electron chi connectivity index (χ1n) is 8.66. The fraction of sp³-hybridized carbons (Fsp3) is 0.300. The van der Waals surface area contributed by atoms with Crippen LogP contribution in [0.1, 0.15) is 12.0 Å². The Kier molecular flexibility index (Phi) is 5.78. The van der Waals surface area contributed by atoms with E-state index >= 15 is 0 Å². The smallest absolute Gasteiger partial charge is 0.244 e. The molecule has 0 bridgehead atoms. The highest BCUT2D eigenvalue weighted by Crippen LogP contribution is 2.26. The molecule has 0 spiro atoms. The topological polar surface area (TPSA) is 52.7 Å². The lowest BCUT2D eigenvalue weighted by atomic mass is 10.0. The molecule has 26 heavy (non-hydrogen) atoms. The number of hydrogen-bond donors (Lipinski definition) is 1. The largest absolute Gasteiger partial charge is 0.362 e. The average Bonchev–Trinajstić information content (AvgIpc) is 2.64. The number of carbonyl (C=O) groups is 2. The number of benzene rings is 2. The first-order chi connectivity index (χ1) is 12.5. The van der Waals surface area contributed by atoms with Gasteiger partial charge in [0.15, 0.2) is 0 Å². The molecule has 2 amide bonds. The van der Waals surface area contributed by atoms with E-state index in [9.17, 15) is 9.59 Å². The molecule has 1 N–H and O–H groups in total. The van der Waals surface area contributed by atoms with Gasteiger partial charge in [-0.3, -0.25) is 9.59 Å². The molecule has 0 saturated heterocycles. The molecule has 2 aromatic carbocycles. The number of nitrogens with zero attached hydrogens (tertiary/aromatic N) is 2. The number of hydrogen-bond acceptors (Lipinski definition) is 3. The molecule has 1 heterocycles. The van der Waals surface area contributed by atoms with Crippen molar-refractivity contribution in [2.45, 2.75) is 12.8 Å². The zero-order chi connectivity index (χ0) is 18.5. The monoisotopic (exact) mass is 371 g/mol. The fourth-order valence-electron chi connectivity index (χ4n) is 3.12. The van der Waals surface area contributed by atoms with E-state index in [4.69, 9.17) is 11.6 Å². The molecule has 0 aliphatic carbocycles. The van der Waals surface area contributed by atoms with E-state index in [1.54, 1.807) is 31.3 Å². The third-order valence-electron chi connectivity index (χ3n) is 4.49. The predicted octanol–water partition coefficient (Wildman–Crippen LogP) is 3.19.